The molecule has 0 spiro atoms. The van der Waals surface area contributed by atoms with Gasteiger partial charge in [0.05, 0.1) is 22.5 Å². The van der Waals surface area contributed by atoms with Crippen LogP contribution in [0, 0.1) is 50.7 Å². The van der Waals surface area contributed by atoms with E-state index >= 15 is 0 Å². The highest BCUT2D eigenvalue weighted by molar-refractivity contribution is 7.91. The van der Waals surface area contributed by atoms with Crippen LogP contribution in [0.2, 0.25) is 0 Å². The average Bonchev–Trinajstić information content (AvgIpc) is 3.63. The Balaban J connectivity index is 0.985. The van der Waals surface area contributed by atoms with E-state index in [-0.39, 0.29) is 45.3 Å². The van der Waals surface area contributed by atoms with Crippen molar-refractivity contribution in [2.45, 2.75) is 125 Å². The van der Waals surface area contributed by atoms with E-state index in [1.807, 2.05) is 30.3 Å². The van der Waals surface area contributed by atoms with Crippen molar-refractivity contribution < 1.29 is 22.3 Å². The van der Waals surface area contributed by atoms with Gasteiger partial charge in [-0.3, -0.25) is 4.79 Å². The van der Waals surface area contributed by atoms with Crippen molar-refractivity contribution in [3.05, 3.63) is 112 Å². The van der Waals surface area contributed by atoms with Gasteiger partial charge in [0.25, 0.3) is 0 Å². The minimum Gasteiger partial charge on any atom is -0.460 e. The number of ether oxygens (including phenoxy) is 1. The zero-order chi connectivity index (χ0) is 45.3. The number of fused-ring (bicyclic) bond motifs is 7. The molecule has 0 unspecified atom stereocenters. The summed E-state index contributed by atoms with van der Waals surface area (Å²) in [7, 11) is -2.92. The maximum absolute atomic E-state index is 14.9. The minimum absolute atomic E-state index is 0.0427. The number of nitrogens with one attached hydrogen (secondary N) is 1. The van der Waals surface area contributed by atoms with Crippen LogP contribution in [-0.2, 0) is 26.0 Å². The minimum atomic E-state index is -2.92. The van der Waals surface area contributed by atoms with Crippen LogP contribution in [0.25, 0.3) is 5.57 Å². The predicted molar refractivity (Wildman–Crippen MR) is 258 cm³/mol. The highest BCUT2D eigenvalue weighted by atomic mass is 32.2. The lowest BCUT2D eigenvalue weighted by Gasteiger charge is -2.71. The van der Waals surface area contributed by atoms with E-state index in [4.69, 9.17) is 4.74 Å². The van der Waals surface area contributed by atoms with Gasteiger partial charge in [-0.1, -0.05) is 127 Å². The molecule has 0 radical (unpaired) electrons. The predicted octanol–water partition coefficient (Wildman–Crippen LogP) is 11.5. The number of halogens is 1. The molecule has 7 aliphatic rings. The number of esters is 1. The fraction of sp³-hybridized carbons (Fsp3) is 0.625. The quantitative estimate of drug-likeness (QED) is 0.227. The van der Waals surface area contributed by atoms with Crippen molar-refractivity contribution in [3.8, 4) is 0 Å². The lowest BCUT2D eigenvalue weighted by molar-refractivity contribution is -0.195. The molecule has 8 atom stereocenters. The number of sulfone groups is 1. The van der Waals surface area contributed by atoms with Crippen LogP contribution in [0.1, 0.15) is 124 Å². The molecule has 6 aliphatic carbocycles. The van der Waals surface area contributed by atoms with Gasteiger partial charge in [0.1, 0.15) is 13.3 Å². The number of hydrogen-bond acceptors (Lipinski definition) is 6. The molecule has 1 aliphatic heterocycles. The van der Waals surface area contributed by atoms with Crippen LogP contribution >= 0.6 is 0 Å². The van der Waals surface area contributed by atoms with E-state index in [9.17, 15) is 17.6 Å². The fourth-order valence-electron chi connectivity index (χ4n) is 15.5. The van der Waals surface area contributed by atoms with Crippen LogP contribution in [0.3, 0.4) is 0 Å². The molecule has 6 nitrogen and oxygen atoms in total. The van der Waals surface area contributed by atoms with Crippen molar-refractivity contribution in [1.29, 1.82) is 0 Å². The standard InChI is InChI=1S/C56H75FN2O4S/c1-39(2)48-43(41-16-12-9-13-17-41)36-56(58-30-31-59-32-34-64(61,62)35-33-59)29-28-53(6)45(49(48)56)18-19-47-52(5)24-22-44(51(3,4)46(52)23-25-54(47,53)7)42-20-26-55(38-57,27-21-42)50(60)63-37-40-14-10-8-11-15-40/h8-17,20,22,36,39,45-47,58H,18-19,21,23-35,37-38H2,1-7H3/t45-,46+,47-,52+,53-,54-,55+,56-/m1/s1. The molecule has 0 bridgehead atoms. The normalized spacial score (nSPS) is 36.8. The van der Waals surface area contributed by atoms with E-state index in [1.54, 1.807) is 11.1 Å². The topological polar surface area (TPSA) is 75.7 Å². The second kappa shape index (κ2) is 16.8. The van der Waals surface area contributed by atoms with Crippen LogP contribution < -0.4 is 5.32 Å². The number of carbonyl (C=O) groups is 1. The number of rotatable bonds is 11. The van der Waals surface area contributed by atoms with Gasteiger partial charge in [0.2, 0.25) is 0 Å². The summed E-state index contributed by atoms with van der Waals surface area (Å²) in [4.78, 5) is 15.8. The lowest BCUT2D eigenvalue weighted by atomic mass is 9.33. The second-order valence-electron chi connectivity index (χ2n) is 22.9. The molecule has 1 N–H and O–H groups in total. The van der Waals surface area contributed by atoms with Crippen LogP contribution in [-0.4, -0.2) is 69.2 Å². The summed E-state index contributed by atoms with van der Waals surface area (Å²) in [5, 5.41) is 4.23. The first-order valence-corrected chi connectivity index (χ1v) is 26.6. The Kier molecular flexibility index (Phi) is 12.0. The van der Waals surface area contributed by atoms with Crippen LogP contribution in [0.15, 0.2) is 101 Å². The van der Waals surface area contributed by atoms with Crippen molar-refractivity contribution in [2.24, 2.45) is 50.7 Å². The maximum atomic E-state index is 14.9. The summed E-state index contributed by atoms with van der Waals surface area (Å²) in [6, 6.07) is 20.7. The Labute approximate surface area is 384 Å². The van der Waals surface area contributed by atoms with Crippen LogP contribution in [0.4, 0.5) is 4.39 Å². The molecular formula is C56H75FN2O4S. The van der Waals surface area contributed by atoms with E-state index < -0.39 is 27.9 Å². The van der Waals surface area contributed by atoms with Gasteiger partial charge in [0.15, 0.2) is 9.84 Å². The summed E-state index contributed by atoms with van der Waals surface area (Å²) in [5.74, 6) is 2.08. The van der Waals surface area contributed by atoms with Gasteiger partial charge in [-0.15, -0.1) is 0 Å². The SMILES string of the molecule is CC(C)C1=C2[C@H]3CC[C@@H]4[C@@]5(C)CC=C(C6=CC[C@](CF)(C(=O)OCc7ccccc7)CC6)C(C)(C)[C@@H]5CC[C@@]4(C)[C@]3(C)CC[C@@]2(NCCN2CCS(=O)(=O)CC2)C=C1c1ccccc1. The van der Waals surface area contributed by atoms with Crippen LogP contribution in [0.5, 0.6) is 0 Å². The third kappa shape index (κ3) is 7.47. The van der Waals surface area contributed by atoms with Crippen molar-refractivity contribution in [3.63, 3.8) is 0 Å². The largest absolute Gasteiger partial charge is 0.460 e. The van der Waals surface area contributed by atoms with Crippen molar-refractivity contribution >= 4 is 21.4 Å². The molecule has 64 heavy (non-hydrogen) atoms. The molecule has 0 aromatic heterocycles. The zero-order valence-electron chi connectivity index (χ0n) is 39.9. The molecular weight excluding hydrogens is 816 g/mol. The third-order valence-electron chi connectivity index (χ3n) is 19.1. The molecule has 3 saturated carbocycles. The molecule has 8 heteroatoms. The van der Waals surface area contributed by atoms with Gasteiger partial charge >= 0.3 is 5.97 Å². The Bertz CT molecular complexity index is 2340. The molecule has 4 fully saturated rings. The summed E-state index contributed by atoms with van der Waals surface area (Å²) in [6.07, 6.45) is 17.1. The third-order valence-corrected chi connectivity index (χ3v) is 20.7. The molecule has 1 saturated heterocycles. The second-order valence-corrected chi connectivity index (χ2v) is 25.2. The van der Waals surface area contributed by atoms with Crippen molar-refractivity contribution in [1.82, 2.24) is 10.2 Å². The number of alkyl halides is 1. The van der Waals surface area contributed by atoms with E-state index in [0.717, 1.165) is 31.5 Å². The Morgan fingerprint density at radius 2 is 1.55 bits per heavy atom. The number of carbonyl (C=O) groups excluding carboxylic acids is 1. The lowest BCUT2D eigenvalue weighted by Crippen LogP contribution is -2.66. The first-order chi connectivity index (χ1) is 30.4. The fourth-order valence-corrected chi connectivity index (χ4v) is 16.7. The van der Waals surface area contributed by atoms with E-state index in [0.29, 0.717) is 56.0 Å². The van der Waals surface area contributed by atoms with Gasteiger partial charge < -0.3 is 15.0 Å². The van der Waals surface area contributed by atoms with E-state index in [1.165, 1.54) is 54.4 Å². The number of hydrogen-bond donors (Lipinski definition) is 1. The van der Waals surface area contributed by atoms with Crippen molar-refractivity contribution in [2.75, 3.05) is 44.4 Å². The Morgan fingerprint density at radius 1 is 0.844 bits per heavy atom. The average molecular weight is 891 g/mol. The number of benzene rings is 2. The first kappa shape index (κ1) is 45.8. The maximum Gasteiger partial charge on any atom is 0.315 e. The number of nitrogens with zero attached hydrogens (tertiary/aromatic N) is 1. The first-order valence-electron chi connectivity index (χ1n) is 24.8. The van der Waals surface area contributed by atoms with E-state index in [2.05, 4.69) is 107 Å². The molecule has 1 heterocycles. The molecule has 0 amide bonds. The van der Waals surface area contributed by atoms with Gasteiger partial charge in [0, 0.05) is 26.2 Å². The summed E-state index contributed by atoms with van der Waals surface area (Å²) in [6.45, 7) is 20.2. The van der Waals surface area contributed by atoms with Gasteiger partial charge in [-0.05, 0) is 149 Å². The summed E-state index contributed by atoms with van der Waals surface area (Å²) < 4.78 is 45.1. The number of allylic oxidation sites excluding steroid dienone is 6. The Morgan fingerprint density at radius 3 is 2.20 bits per heavy atom. The molecule has 2 aromatic rings. The molecule has 346 valence electrons. The molecule has 2 aromatic carbocycles. The summed E-state index contributed by atoms with van der Waals surface area (Å²) in [5.41, 5.74) is 8.68. The highest BCUT2D eigenvalue weighted by Gasteiger charge is 2.69. The Hall–Kier alpha value is -3.33. The molecule has 9 rings (SSSR count). The van der Waals surface area contributed by atoms with Gasteiger partial charge in [-0.2, -0.15) is 0 Å². The summed E-state index contributed by atoms with van der Waals surface area (Å²) >= 11 is 0. The highest BCUT2D eigenvalue weighted by Crippen LogP contribution is 2.76. The van der Waals surface area contributed by atoms with Gasteiger partial charge in [-0.25, -0.2) is 12.8 Å². The monoisotopic (exact) mass is 891 g/mol. The zero-order valence-corrected chi connectivity index (χ0v) is 40.7. The smallest absolute Gasteiger partial charge is 0.315 e.